The number of fused-ring (bicyclic) bond motifs is 1. The Hall–Kier alpha value is -2.40. The van der Waals surface area contributed by atoms with E-state index in [1.807, 2.05) is 25.1 Å². The van der Waals surface area contributed by atoms with Crippen LogP contribution in [0.15, 0.2) is 48.5 Å². The zero-order valence-electron chi connectivity index (χ0n) is 14.8. The van der Waals surface area contributed by atoms with Gasteiger partial charge in [-0.25, -0.2) is 4.39 Å². The minimum absolute atomic E-state index is 0.0601. The van der Waals surface area contributed by atoms with E-state index in [1.165, 1.54) is 18.6 Å². The third-order valence-corrected chi connectivity index (χ3v) is 5.41. The molecule has 2 aromatic rings. The van der Waals surface area contributed by atoms with Crippen molar-refractivity contribution in [2.45, 2.75) is 31.3 Å². The van der Waals surface area contributed by atoms with Gasteiger partial charge in [0.1, 0.15) is 18.2 Å². The Balaban J connectivity index is 1.53. The van der Waals surface area contributed by atoms with Crippen molar-refractivity contribution in [1.29, 1.82) is 0 Å². The van der Waals surface area contributed by atoms with Gasteiger partial charge in [0.2, 0.25) is 5.91 Å². The number of ether oxygens (including phenoxy) is 1. The number of benzene rings is 2. The number of halogens is 1. The molecule has 26 heavy (non-hydrogen) atoms. The number of para-hydroxylation sites is 1. The van der Waals surface area contributed by atoms with Gasteiger partial charge in [-0.15, -0.1) is 0 Å². The van der Waals surface area contributed by atoms with E-state index in [0.717, 1.165) is 30.0 Å². The molecule has 4 rings (SSSR count). The molecule has 3 atom stereocenters. The van der Waals surface area contributed by atoms with Gasteiger partial charge >= 0.3 is 0 Å². The minimum atomic E-state index is -0.343. The van der Waals surface area contributed by atoms with Crippen LogP contribution in [0.5, 0.6) is 5.75 Å². The highest BCUT2D eigenvalue weighted by Gasteiger charge is 2.38. The van der Waals surface area contributed by atoms with Gasteiger partial charge in [-0.1, -0.05) is 30.3 Å². The van der Waals surface area contributed by atoms with Crippen LogP contribution in [0.3, 0.4) is 0 Å². The van der Waals surface area contributed by atoms with Crippen LogP contribution in [0.25, 0.3) is 0 Å². The summed E-state index contributed by atoms with van der Waals surface area (Å²) in [5, 5.41) is 3.17. The normalized spacial score (nSPS) is 23.3. The van der Waals surface area contributed by atoms with Gasteiger partial charge in [-0.05, 0) is 37.1 Å². The highest BCUT2D eigenvalue weighted by molar-refractivity contribution is 5.83. The van der Waals surface area contributed by atoms with E-state index in [-0.39, 0.29) is 29.7 Å². The third-order valence-electron chi connectivity index (χ3n) is 5.41. The van der Waals surface area contributed by atoms with E-state index in [9.17, 15) is 9.18 Å². The van der Waals surface area contributed by atoms with E-state index in [4.69, 9.17) is 4.74 Å². The van der Waals surface area contributed by atoms with Crippen LogP contribution < -0.4 is 10.1 Å². The second-order valence-corrected chi connectivity index (χ2v) is 7.07. The summed E-state index contributed by atoms with van der Waals surface area (Å²) >= 11 is 0. The maximum absolute atomic E-state index is 13.1. The predicted molar refractivity (Wildman–Crippen MR) is 97.6 cm³/mol. The van der Waals surface area contributed by atoms with Crippen molar-refractivity contribution in [1.82, 2.24) is 10.2 Å². The molecule has 4 nitrogen and oxygen atoms in total. The number of carbonyl (C=O) groups excluding carboxylic acids is 1. The number of rotatable bonds is 4. The Labute approximate surface area is 153 Å². The van der Waals surface area contributed by atoms with E-state index >= 15 is 0 Å². The van der Waals surface area contributed by atoms with Crippen LogP contribution in [-0.2, 0) is 4.79 Å². The van der Waals surface area contributed by atoms with Gasteiger partial charge in [0.25, 0.3) is 0 Å². The van der Waals surface area contributed by atoms with Crippen molar-refractivity contribution in [2.75, 3.05) is 19.7 Å². The number of carbonyl (C=O) groups is 1. The van der Waals surface area contributed by atoms with Crippen LogP contribution >= 0.6 is 0 Å². The molecule has 0 bridgehead atoms. The van der Waals surface area contributed by atoms with Gasteiger partial charge in [0, 0.05) is 18.7 Å². The number of hydrogen-bond acceptors (Lipinski definition) is 3. The summed E-state index contributed by atoms with van der Waals surface area (Å²) in [4.78, 5) is 15.2. The van der Waals surface area contributed by atoms with E-state index in [2.05, 4.69) is 16.3 Å². The SMILES string of the molecule is C[C@H](C(=O)NC1COc2ccccc2C1N1CCC1)c1ccc(F)cc1. The highest BCUT2D eigenvalue weighted by Crippen LogP contribution is 2.38. The smallest absolute Gasteiger partial charge is 0.227 e. The van der Waals surface area contributed by atoms with Crippen LogP contribution in [0.1, 0.15) is 36.4 Å². The van der Waals surface area contributed by atoms with Gasteiger partial charge < -0.3 is 10.1 Å². The molecule has 0 aliphatic carbocycles. The predicted octanol–water partition coefficient (Wildman–Crippen LogP) is 3.25. The topological polar surface area (TPSA) is 41.6 Å². The molecule has 0 radical (unpaired) electrons. The quantitative estimate of drug-likeness (QED) is 0.916. The molecule has 0 spiro atoms. The Kier molecular flexibility index (Phi) is 4.64. The van der Waals surface area contributed by atoms with Gasteiger partial charge in [0.15, 0.2) is 0 Å². The van der Waals surface area contributed by atoms with Crippen molar-refractivity contribution in [2.24, 2.45) is 0 Å². The van der Waals surface area contributed by atoms with Crippen molar-refractivity contribution in [3.8, 4) is 5.75 Å². The standard InChI is InChI=1S/C21H23FN2O2/c1-14(15-7-9-16(22)10-8-15)21(25)23-18-13-26-19-6-3-2-5-17(19)20(18)24-11-4-12-24/h2-3,5-10,14,18,20H,4,11-13H2,1H3,(H,23,25)/t14-,18?,20?/m0/s1. The molecule has 136 valence electrons. The molecule has 1 fully saturated rings. The Bertz CT molecular complexity index is 789. The summed E-state index contributed by atoms with van der Waals surface area (Å²) in [6.45, 7) is 4.39. The van der Waals surface area contributed by atoms with Crippen LogP contribution in [0.2, 0.25) is 0 Å². The van der Waals surface area contributed by atoms with E-state index in [1.54, 1.807) is 12.1 Å². The molecule has 2 aromatic carbocycles. The number of likely N-dealkylation sites (tertiary alicyclic amines) is 1. The van der Waals surface area contributed by atoms with Crippen molar-refractivity contribution in [3.05, 3.63) is 65.5 Å². The second-order valence-electron chi connectivity index (χ2n) is 7.07. The fourth-order valence-electron chi connectivity index (χ4n) is 3.74. The molecule has 1 amide bonds. The lowest BCUT2D eigenvalue weighted by molar-refractivity contribution is -0.124. The molecule has 2 unspecified atom stereocenters. The number of hydrogen-bond donors (Lipinski definition) is 1. The molecule has 2 aliphatic heterocycles. The van der Waals surface area contributed by atoms with Crippen molar-refractivity contribution in [3.63, 3.8) is 0 Å². The molecule has 2 heterocycles. The van der Waals surface area contributed by atoms with Crippen molar-refractivity contribution >= 4 is 5.91 Å². The maximum Gasteiger partial charge on any atom is 0.227 e. The lowest BCUT2D eigenvalue weighted by Crippen LogP contribution is -2.55. The van der Waals surface area contributed by atoms with Crippen molar-refractivity contribution < 1.29 is 13.9 Å². The molecule has 0 aromatic heterocycles. The van der Waals surface area contributed by atoms with Crippen LogP contribution in [0.4, 0.5) is 4.39 Å². The minimum Gasteiger partial charge on any atom is -0.491 e. The number of nitrogens with one attached hydrogen (secondary N) is 1. The molecule has 5 heteroatoms. The average Bonchev–Trinajstić information content (AvgIpc) is 2.62. The first-order valence-corrected chi connectivity index (χ1v) is 9.15. The molecular formula is C21H23FN2O2. The molecule has 1 N–H and O–H groups in total. The molecular weight excluding hydrogens is 331 g/mol. The van der Waals surface area contributed by atoms with Gasteiger partial charge in [0.05, 0.1) is 18.0 Å². The lowest BCUT2D eigenvalue weighted by Gasteiger charge is -2.45. The van der Waals surface area contributed by atoms with Gasteiger partial charge in [-0.2, -0.15) is 0 Å². The average molecular weight is 354 g/mol. The summed E-state index contributed by atoms with van der Waals surface area (Å²) < 4.78 is 19.0. The van der Waals surface area contributed by atoms with E-state index < -0.39 is 0 Å². The number of amides is 1. The zero-order valence-corrected chi connectivity index (χ0v) is 14.8. The Morgan fingerprint density at radius 2 is 1.92 bits per heavy atom. The largest absolute Gasteiger partial charge is 0.491 e. The first-order valence-electron chi connectivity index (χ1n) is 9.15. The first kappa shape index (κ1) is 17.0. The van der Waals surface area contributed by atoms with Crippen LogP contribution in [0, 0.1) is 5.82 Å². The summed E-state index contributed by atoms with van der Waals surface area (Å²) in [5.41, 5.74) is 1.94. The summed E-state index contributed by atoms with van der Waals surface area (Å²) in [5.74, 6) is 0.206. The monoisotopic (exact) mass is 354 g/mol. The fourth-order valence-corrected chi connectivity index (χ4v) is 3.74. The first-order chi connectivity index (χ1) is 12.6. The molecule has 2 aliphatic rings. The zero-order chi connectivity index (χ0) is 18.1. The van der Waals surface area contributed by atoms with Gasteiger partial charge in [-0.3, -0.25) is 9.69 Å². The second kappa shape index (κ2) is 7.08. The summed E-state index contributed by atoms with van der Waals surface area (Å²) in [6.07, 6.45) is 1.19. The third kappa shape index (κ3) is 3.19. The maximum atomic E-state index is 13.1. The lowest BCUT2D eigenvalue weighted by atomic mass is 9.91. The summed E-state index contributed by atoms with van der Waals surface area (Å²) in [7, 11) is 0. The Morgan fingerprint density at radius 1 is 1.19 bits per heavy atom. The fraction of sp³-hybridized carbons (Fsp3) is 0.381. The Morgan fingerprint density at radius 3 is 2.62 bits per heavy atom. The highest BCUT2D eigenvalue weighted by atomic mass is 19.1. The molecule has 1 saturated heterocycles. The van der Waals surface area contributed by atoms with E-state index in [0.29, 0.717) is 6.61 Å². The molecule has 0 saturated carbocycles. The van der Waals surface area contributed by atoms with Crippen LogP contribution in [-0.4, -0.2) is 36.5 Å². The number of nitrogens with zero attached hydrogens (tertiary/aromatic N) is 1. The summed E-state index contributed by atoms with van der Waals surface area (Å²) in [6, 6.07) is 14.2.